The van der Waals surface area contributed by atoms with E-state index < -0.39 is 12.1 Å². The molecule has 5 heteroatoms. The fraction of sp³-hybridized carbons (Fsp3) is 0.364. The third-order valence-electron chi connectivity index (χ3n) is 2.28. The smallest absolute Gasteiger partial charge is 0.344 e. The summed E-state index contributed by atoms with van der Waals surface area (Å²) in [7, 11) is 0. The molecule has 16 heavy (non-hydrogen) atoms. The monoisotopic (exact) mass is 231 g/mol. The predicted molar refractivity (Wildman–Crippen MR) is 53.8 cm³/mol. The number of alkyl halides is 3. The fourth-order valence-corrected chi connectivity index (χ4v) is 1.20. The molecule has 0 radical (unpaired) electrons. The van der Waals surface area contributed by atoms with Crippen molar-refractivity contribution in [1.29, 1.82) is 0 Å². The molecule has 1 aromatic carbocycles. The van der Waals surface area contributed by atoms with Gasteiger partial charge in [-0.2, -0.15) is 13.2 Å². The summed E-state index contributed by atoms with van der Waals surface area (Å²) < 4.78 is 35.6. The Bertz CT molecular complexity index is 399. The van der Waals surface area contributed by atoms with E-state index in [1.807, 2.05) is 25.2 Å². The molecule has 2 nitrogen and oxygen atoms in total. The van der Waals surface area contributed by atoms with E-state index in [9.17, 15) is 18.0 Å². The first-order valence-electron chi connectivity index (χ1n) is 4.72. The Kier molecular flexibility index (Phi) is 3.57. The summed E-state index contributed by atoms with van der Waals surface area (Å²) in [5.41, 5.74) is 2.70. The number of amides is 1. The number of carbonyl (C=O) groups excluding carboxylic acids is 1. The fourth-order valence-electron chi connectivity index (χ4n) is 1.20. The van der Waals surface area contributed by atoms with Crippen LogP contribution in [0, 0.1) is 13.8 Å². The Hall–Kier alpha value is -1.52. The first-order valence-corrected chi connectivity index (χ1v) is 4.72. The van der Waals surface area contributed by atoms with Crippen LogP contribution in [-0.4, -0.2) is 12.1 Å². The number of carbonyl (C=O) groups is 1. The van der Waals surface area contributed by atoms with Gasteiger partial charge >= 0.3 is 12.1 Å². The van der Waals surface area contributed by atoms with Gasteiger partial charge in [-0.1, -0.05) is 18.2 Å². The van der Waals surface area contributed by atoms with Crippen LogP contribution >= 0.6 is 0 Å². The SMILES string of the molecule is Cc1ccc(CNC(=O)C(F)(F)F)cc1C. The first-order chi connectivity index (χ1) is 7.30. The Morgan fingerprint density at radius 2 is 1.88 bits per heavy atom. The normalized spacial score (nSPS) is 11.3. The first kappa shape index (κ1) is 12.5. The van der Waals surface area contributed by atoms with Gasteiger partial charge in [-0.25, -0.2) is 0 Å². The minimum absolute atomic E-state index is 0.112. The molecule has 0 aromatic heterocycles. The number of halogens is 3. The minimum Gasteiger partial charge on any atom is -0.344 e. The topological polar surface area (TPSA) is 29.1 Å². The van der Waals surface area contributed by atoms with E-state index in [2.05, 4.69) is 0 Å². The lowest BCUT2D eigenvalue weighted by molar-refractivity contribution is -0.173. The van der Waals surface area contributed by atoms with Crippen molar-refractivity contribution in [1.82, 2.24) is 5.32 Å². The summed E-state index contributed by atoms with van der Waals surface area (Å²) in [5, 5.41) is 1.82. The van der Waals surface area contributed by atoms with E-state index in [-0.39, 0.29) is 6.54 Å². The number of hydrogen-bond donors (Lipinski definition) is 1. The zero-order chi connectivity index (χ0) is 12.3. The maximum absolute atomic E-state index is 11.9. The summed E-state index contributed by atoms with van der Waals surface area (Å²) in [6, 6.07) is 5.26. The number of nitrogens with one attached hydrogen (secondary N) is 1. The molecule has 0 saturated heterocycles. The highest BCUT2D eigenvalue weighted by atomic mass is 19.4. The van der Waals surface area contributed by atoms with Gasteiger partial charge in [0.2, 0.25) is 0 Å². The standard InChI is InChI=1S/C11H12F3NO/c1-7-3-4-9(5-8(7)2)6-15-10(16)11(12,13)14/h3-5H,6H2,1-2H3,(H,15,16). The average Bonchev–Trinajstić information content (AvgIpc) is 2.18. The summed E-state index contributed by atoms with van der Waals surface area (Å²) in [6.45, 7) is 3.66. The lowest BCUT2D eigenvalue weighted by atomic mass is 10.1. The second kappa shape index (κ2) is 4.55. The van der Waals surface area contributed by atoms with E-state index in [4.69, 9.17) is 0 Å². The highest BCUT2D eigenvalue weighted by molar-refractivity contribution is 5.81. The second-order valence-corrected chi connectivity index (χ2v) is 3.60. The van der Waals surface area contributed by atoms with Crippen molar-refractivity contribution in [2.45, 2.75) is 26.6 Å². The zero-order valence-electron chi connectivity index (χ0n) is 8.98. The molecular weight excluding hydrogens is 219 g/mol. The highest BCUT2D eigenvalue weighted by Crippen LogP contribution is 2.15. The van der Waals surface area contributed by atoms with Crippen LogP contribution in [0.2, 0.25) is 0 Å². The molecular formula is C11H12F3NO. The largest absolute Gasteiger partial charge is 0.471 e. The number of benzene rings is 1. The van der Waals surface area contributed by atoms with Gasteiger partial charge in [-0.15, -0.1) is 0 Å². The molecule has 0 heterocycles. The summed E-state index contributed by atoms with van der Waals surface area (Å²) in [4.78, 5) is 10.6. The van der Waals surface area contributed by atoms with E-state index in [0.29, 0.717) is 5.56 Å². The summed E-state index contributed by atoms with van der Waals surface area (Å²) in [6.07, 6.45) is -4.82. The number of aryl methyl sites for hydroxylation is 2. The molecule has 88 valence electrons. The molecule has 0 fully saturated rings. The van der Waals surface area contributed by atoms with Crippen LogP contribution in [0.4, 0.5) is 13.2 Å². The van der Waals surface area contributed by atoms with Crippen LogP contribution < -0.4 is 5.32 Å². The van der Waals surface area contributed by atoms with Gasteiger partial charge < -0.3 is 5.32 Å². The van der Waals surface area contributed by atoms with Crippen LogP contribution in [0.3, 0.4) is 0 Å². The summed E-state index contributed by atoms with van der Waals surface area (Å²) in [5.74, 6) is -1.91. The maximum atomic E-state index is 11.9. The summed E-state index contributed by atoms with van der Waals surface area (Å²) >= 11 is 0. The Morgan fingerprint density at radius 3 is 2.38 bits per heavy atom. The van der Waals surface area contributed by atoms with Crippen molar-refractivity contribution in [2.24, 2.45) is 0 Å². The van der Waals surface area contributed by atoms with Crippen molar-refractivity contribution >= 4 is 5.91 Å². The molecule has 0 spiro atoms. The van der Waals surface area contributed by atoms with Gasteiger partial charge in [0.1, 0.15) is 0 Å². The van der Waals surface area contributed by atoms with Crippen LogP contribution in [0.25, 0.3) is 0 Å². The second-order valence-electron chi connectivity index (χ2n) is 3.60. The minimum atomic E-state index is -4.82. The van der Waals surface area contributed by atoms with Crippen molar-refractivity contribution in [3.8, 4) is 0 Å². The Morgan fingerprint density at radius 1 is 1.25 bits per heavy atom. The molecule has 1 amide bonds. The molecule has 1 N–H and O–H groups in total. The van der Waals surface area contributed by atoms with Gasteiger partial charge in [0.15, 0.2) is 0 Å². The van der Waals surface area contributed by atoms with Crippen molar-refractivity contribution in [3.05, 3.63) is 34.9 Å². The number of rotatable bonds is 2. The lowest BCUT2D eigenvalue weighted by Gasteiger charge is -2.09. The van der Waals surface area contributed by atoms with Crippen LogP contribution in [-0.2, 0) is 11.3 Å². The number of hydrogen-bond acceptors (Lipinski definition) is 1. The van der Waals surface area contributed by atoms with Crippen LogP contribution in [0.15, 0.2) is 18.2 Å². The van der Waals surface area contributed by atoms with E-state index in [1.165, 1.54) is 0 Å². The average molecular weight is 231 g/mol. The molecule has 0 aliphatic rings. The van der Waals surface area contributed by atoms with Crippen LogP contribution in [0.1, 0.15) is 16.7 Å². The Labute approximate surface area is 91.5 Å². The zero-order valence-corrected chi connectivity index (χ0v) is 8.98. The van der Waals surface area contributed by atoms with E-state index >= 15 is 0 Å². The van der Waals surface area contributed by atoms with E-state index in [1.54, 1.807) is 12.1 Å². The predicted octanol–water partition coefficient (Wildman–Crippen LogP) is 2.48. The van der Waals surface area contributed by atoms with Gasteiger partial charge in [-0.3, -0.25) is 4.79 Å². The van der Waals surface area contributed by atoms with E-state index in [0.717, 1.165) is 11.1 Å². The third-order valence-corrected chi connectivity index (χ3v) is 2.28. The molecule has 1 aromatic rings. The molecule has 1 rings (SSSR count). The highest BCUT2D eigenvalue weighted by Gasteiger charge is 2.38. The van der Waals surface area contributed by atoms with Gasteiger partial charge in [0.05, 0.1) is 0 Å². The molecule has 0 bridgehead atoms. The van der Waals surface area contributed by atoms with Crippen molar-refractivity contribution in [2.75, 3.05) is 0 Å². The van der Waals surface area contributed by atoms with Crippen molar-refractivity contribution in [3.63, 3.8) is 0 Å². The molecule has 0 aliphatic heterocycles. The molecule has 0 unspecified atom stereocenters. The van der Waals surface area contributed by atoms with Gasteiger partial charge in [0.25, 0.3) is 0 Å². The van der Waals surface area contributed by atoms with Gasteiger partial charge in [-0.05, 0) is 30.5 Å². The molecule has 0 saturated carbocycles. The van der Waals surface area contributed by atoms with Gasteiger partial charge in [0, 0.05) is 6.54 Å². The maximum Gasteiger partial charge on any atom is 0.471 e. The quantitative estimate of drug-likeness (QED) is 0.832. The molecule has 0 aliphatic carbocycles. The van der Waals surface area contributed by atoms with Crippen LogP contribution in [0.5, 0.6) is 0 Å². The molecule has 0 atom stereocenters. The third kappa shape index (κ3) is 3.25. The lowest BCUT2D eigenvalue weighted by Crippen LogP contribution is -2.36. The Balaban J connectivity index is 2.62. The van der Waals surface area contributed by atoms with Crippen molar-refractivity contribution < 1.29 is 18.0 Å².